The second kappa shape index (κ2) is 7.18. The number of rotatable bonds is 7. The van der Waals surface area contributed by atoms with Gasteiger partial charge in [-0.3, -0.25) is 0 Å². The first-order chi connectivity index (χ1) is 9.36. The molecule has 110 valence electrons. The van der Waals surface area contributed by atoms with Crippen molar-refractivity contribution < 1.29 is 23.4 Å². The molecule has 0 bridgehead atoms. The van der Waals surface area contributed by atoms with Crippen LogP contribution >= 0.6 is 0 Å². The summed E-state index contributed by atoms with van der Waals surface area (Å²) in [4.78, 5) is 10.6. The quantitative estimate of drug-likeness (QED) is 0.509. The Labute approximate surface area is 117 Å². The van der Waals surface area contributed by atoms with Crippen molar-refractivity contribution in [1.29, 1.82) is 0 Å². The topological polar surface area (TPSA) is 104 Å². The minimum absolute atomic E-state index is 0.0944. The summed E-state index contributed by atoms with van der Waals surface area (Å²) in [5, 5.41) is 17.2. The summed E-state index contributed by atoms with van der Waals surface area (Å²) in [7, 11) is -3.67. The zero-order valence-electron chi connectivity index (χ0n) is 11.0. The Balaban J connectivity index is 3.04. The van der Waals surface area contributed by atoms with E-state index in [1.165, 1.54) is 12.1 Å². The largest absolute Gasteiger partial charge is 0.478 e. The van der Waals surface area contributed by atoms with Crippen molar-refractivity contribution in [2.45, 2.75) is 18.2 Å². The molecule has 1 rings (SSSR count). The molecule has 1 aromatic rings. The van der Waals surface area contributed by atoms with Gasteiger partial charge >= 0.3 is 5.97 Å². The number of aryl methyl sites for hydroxylation is 1. The minimum Gasteiger partial charge on any atom is -0.478 e. The van der Waals surface area contributed by atoms with Crippen LogP contribution in [0.25, 0.3) is 6.08 Å². The molecule has 0 amide bonds. The monoisotopic (exact) mass is 299 g/mol. The molecular weight excluding hydrogens is 282 g/mol. The fourth-order valence-corrected chi connectivity index (χ4v) is 2.89. The zero-order valence-corrected chi connectivity index (χ0v) is 11.9. The van der Waals surface area contributed by atoms with Crippen molar-refractivity contribution in [1.82, 2.24) is 4.72 Å². The van der Waals surface area contributed by atoms with Crippen LogP contribution in [0.15, 0.2) is 29.2 Å². The van der Waals surface area contributed by atoms with Crippen molar-refractivity contribution in [2.75, 3.05) is 13.2 Å². The van der Waals surface area contributed by atoms with Gasteiger partial charge in [0, 0.05) is 19.2 Å². The molecule has 20 heavy (non-hydrogen) atoms. The fraction of sp³-hybridized carbons (Fsp3) is 0.308. The molecule has 0 spiro atoms. The molecule has 0 aliphatic heterocycles. The number of aliphatic hydroxyl groups is 1. The Hall–Kier alpha value is -1.70. The number of benzene rings is 1. The average molecular weight is 299 g/mol. The molecule has 3 N–H and O–H groups in total. The Kier molecular flexibility index (Phi) is 5.87. The molecular formula is C13H17NO5S. The summed E-state index contributed by atoms with van der Waals surface area (Å²) in [5.41, 5.74) is 1.05. The predicted molar refractivity (Wildman–Crippen MR) is 74.7 cm³/mol. The van der Waals surface area contributed by atoms with E-state index < -0.39 is 16.0 Å². The van der Waals surface area contributed by atoms with Crippen molar-refractivity contribution in [3.8, 4) is 0 Å². The number of carboxylic acids is 1. The van der Waals surface area contributed by atoms with E-state index >= 15 is 0 Å². The predicted octanol–water partition coefficient (Wildman–Crippen LogP) is 0.754. The van der Waals surface area contributed by atoms with Crippen LogP contribution in [-0.4, -0.2) is 37.8 Å². The highest BCUT2D eigenvalue weighted by molar-refractivity contribution is 7.89. The van der Waals surface area contributed by atoms with Gasteiger partial charge in [0.25, 0.3) is 0 Å². The first kappa shape index (κ1) is 16.4. The third kappa shape index (κ3) is 4.76. The summed E-state index contributed by atoms with van der Waals surface area (Å²) in [5.74, 6) is -1.10. The first-order valence-electron chi connectivity index (χ1n) is 5.99. The smallest absolute Gasteiger partial charge is 0.328 e. The van der Waals surface area contributed by atoms with Gasteiger partial charge in [-0.25, -0.2) is 17.9 Å². The standard InChI is InChI=1S/C13H17NO5S/c1-10-3-4-11(5-6-13(16)17)9-12(10)20(18,19)14-7-2-8-15/h3-6,9,14-15H,2,7-8H2,1H3,(H,16,17)/b6-5+. The molecule has 0 aromatic heterocycles. The van der Waals surface area contributed by atoms with Crippen LogP contribution in [0.2, 0.25) is 0 Å². The number of carbonyl (C=O) groups is 1. The highest BCUT2D eigenvalue weighted by Crippen LogP contribution is 2.17. The van der Waals surface area contributed by atoms with E-state index in [0.29, 0.717) is 17.5 Å². The van der Waals surface area contributed by atoms with Crippen LogP contribution in [-0.2, 0) is 14.8 Å². The van der Waals surface area contributed by atoms with Crippen molar-refractivity contribution in [3.63, 3.8) is 0 Å². The lowest BCUT2D eigenvalue weighted by Gasteiger charge is -2.09. The van der Waals surface area contributed by atoms with Crippen LogP contribution in [0.3, 0.4) is 0 Å². The molecule has 0 saturated carbocycles. The maximum Gasteiger partial charge on any atom is 0.328 e. The molecule has 7 heteroatoms. The molecule has 0 aliphatic rings. The Morgan fingerprint density at radius 1 is 1.40 bits per heavy atom. The maximum atomic E-state index is 12.1. The normalized spacial score (nSPS) is 11.9. The number of carboxylic acid groups (broad SMARTS) is 1. The number of aliphatic carboxylic acids is 1. The van der Waals surface area contributed by atoms with Gasteiger partial charge < -0.3 is 10.2 Å². The lowest BCUT2D eigenvalue weighted by Crippen LogP contribution is -2.26. The third-order valence-corrected chi connectivity index (χ3v) is 4.15. The van der Waals surface area contributed by atoms with Crippen molar-refractivity contribution in [2.24, 2.45) is 0 Å². The molecule has 0 saturated heterocycles. The third-order valence-electron chi connectivity index (χ3n) is 2.55. The summed E-state index contributed by atoms with van der Waals surface area (Å²) < 4.78 is 26.6. The van der Waals surface area contributed by atoms with Crippen LogP contribution in [0.4, 0.5) is 0 Å². The summed E-state index contributed by atoms with van der Waals surface area (Å²) in [6.07, 6.45) is 2.60. The highest BCUT2D eigenvalue weighted by Gasteiger charge is 2.16. The number of aliphatic hydroxyl groups excluding tert-OH is 1. The molecule has 0 unspecified atom stereocenters. The molecule has 6 nitrogen and oxygen atoms in total. The Morgan fingerprint density at radius 3 is 2.70 bits per heavy atom. The van der Waals surface area contributed by atoms with E-state index in [4.69, 9.17) is 10.2 Å². The molecule has 0 fully saturated rings. The lowest BCUT2D eigenvalue weighted by atomic mass is 10.1. The van der Waals surface area contributed by atoms with Gasteiger partial charge in [-0.2, -0.15) is 0 Å². The second-order valence-corrected chi connectivity index (χ2v) is 5.91. The summed E-state index contributed by atoms with van der Waals surface area (Å²) in [6.45, 7) is 1.71. The average Bonchev–Trinajstić information content (AvgIpc) is 2.37. The van der Waals surface area contributed by atoms with Gasteiger partial charge in [-0.15, -0.1) is 0 Å². The Bertz CT molecular complexity index is 607. The highest BCUT2D eigenvalue weighted by atomic mass is 32.2. The number of sulfonamides is 1. The molecule has 0 heterocycles. The van der Waals surface area contributed by atoms with Crippen LogP contribution in [0, 0.1) is 6.92 Å². The molecule has 0 radical (unpaired) electrons. The van der Waals surface area contributed by atoms with E-state index in [0.717, 1.165) is 6.08 Å². The SMILES string of the molecule is Cc1ccc(/C=C/C(=O)O)cc1S(=O)(=O)NCCCO. The van der Waals surface area contributed by atoms with E-state index in [-0.39, 0.29) is 18.0 Å². The molecule has 0 aliphatic carbocycles. The van der Waals surface area contributed by atoms with Gasteiger partial charge in [0.05, 0.1) is 4.90 Å². The van der Waals surface area contributed by atoms with Crippen molar-refractivity contribution in [3.05, 3.63) is 35.4 Å². The minimum atomic E-state index is -3.67. The molecule has 1 aromatic carbocycles. The maximum absolute atomic E-state index is 12.1. The number of hydrogen-bond acceptors (Lipinski definition) is 4. The lowest BCUT2D eigenvalue weighted by molar-refractivity contribution is -0.131. The molecule has 0 atom stereocenters. The van der Waals surface area contributed by atoms with Gasteiger partial charge in [0.15, 0.2) is 0 Å². The van der Waals surface area contributed by atoms with Gasteiger partial charge in [-0.05, 0) is 36.6 Å². The van der Waals surface area contributed by atoms with Crippen LogP contribution in [0.5, 0.6) is 0 Å². The summed E-state index contributed by atoms with van der Waals surface area (Å²) >= 11 is 0. The zero-order chi connectivity index (χ0) is 15.2. The van der Waals surface area contributed by atoms with E-state index in [1.807, 2.05) is 0 Å². The van der Waals surface area contributed by atoms with E-state index in [1.54, 1.807) is 19.1 Å². The van der Waals surface area contributed by atoms with E-state index in [2.05, 4.69) is 4.72 Å². The number of hydrogen-bond donors (Lipinski definition) is 3. The van der Waals surface area contributed by atoms with Gasteiger partial charge in [-0.1, -0.05) is 12.1 Å². The van der Waals surface area contributed by atoms with E-state index in [9.17, 15) is 13.2 Å². The van der Waals surface area contributed by atoms with Gasteiger partial charge in [0.1, 0.15) is 0 Å². The first-order valence-corrected chi connectivity index (χ1v) is 7.47. The van der Waals surface area contributed by atoms with Crippen molar-refractivity contribution >= 4 is 22.1 Å². The summed E-state index contributed by atoms with van der Waals surface area (Å²) in [6, 6.07) is 4.67. The number of nitrogens with one attached hydrogen (secondary N) is 1. The second-order valence-electron chi connectivity index (χ2n) is 4.17. The van der Waals surface area contributed by atoms with Gasteiger partial charge in [0.2, 0.25) is 10.0 Å². The van der Waals surface area contributed by atoms with Crippen LogP contribution in [0.1, 0.15) is 17.5 Å². The fourth-order valence-electron chi connectivity index (χ4n) is 1.54. The van der Waals surface area contributed by atoms with Crippen LogP contribution < -0.4 is 4.72 Å². The Morgan fingerprint density at radius 2 is 2.10 bits per heavy atom.